The fourth-order valence-corrected chi connectivity index (χ4v) is 2.08. The molecule has 0 amide bonds. The number of benzene rings is 1. The minimum atomic E-state index is -0.367. The van der Waals surface area contributed by atoms with E-state index in [0.717, 1.165) is 17.3 Å². The minimum absolute atomic E-state index is 0.294. The lowest BCUT2D eigenvalue weighted by molar-refractivity contribution is 0.598. The Morgan fingerprint density at radius 2 is 2.35 bits per heavy atom. The first-order valence-electron chi connectivity index (χ1n) is 4.89. The maximum Gasteiger partial charge on any atom is 0.343 e. The quantitative estimate of drug-likeness (QED) is 0.851. The first kappa shape index (κ1) is 11.9. The first-order valence-corrected chi connectivity index (χ1v) is 5.71. The van der Waals surface area contributed by atoms with Gasteiger partial charge in [-0.05, 0) is 29.5 Å². The molecule has 0 fully saturated rings. The van der Waals surface area contributed by atoms with E-state index in [0.29, 0.717) is 16.6 Å². The zero-order valence-corrected chi connectivity index (χ0v) is 9.92. The summed E-state index contributed by atoms with van der Waals surface area (Å²) < 4.78 is 15.0. The second-order valence-corrected chi connectivity index (χ2v) is 4.45. The normalized spacial score (nSPS) is 10.8. The van der Waals surface area contributed by atoms with Crippen molar-refractivity contribution in [1.82, 2.24) is 14.8 Å². The van der Waals surface area contributed by atoms with Gasteiger partial charge in [-0.2, -0.15) is 0 Å². The van der Waals surface area contributed by atoms with E-state index < -0.39 is 0 Å². The number of aromatic amines is 1. The lowest BCUT2D eigenvalue weighted by atomic mass is 10.2. The summed E-state index contributed by atoms with van der Waals surface area (Å²) >= 11 is 1.09. The van der Waals surface area contributed by atoms with Crippen molar-refractivity contribution in [3.05, 3.63) is 40.1 Å². The number of hydrogen-bond donors (Lipinski definition) is 2. The van der Waals surface area contributed by atoms with E-state index in [1.54, 1.807) is 19.2 Å². The zero-order chi connectivity index (χ0) is 12.4. The average Bonchev–Trinajstić information content (AvgIpc) is 2.63. The van der Waals surface area contributed by atoms with Gasteiger partial charge in [0, 0.05) is 13.6 Å². The van der Waals surface area contributed by atoms with Crippen LogP contribution in [0.2, 0.25) is 0 Å². The van der Waals surface area contributed by atoms with Crippen molar-refractivity contribution < 1.29 is 4.39 Å². The van der Waals surface area contributed by atoms with Crippen molar-refractivity contribution in [2.75, 3.05) is 0 Å². The number of rotatable bonds is 3. The Balaban J connectivity index is 2.30. The third kappa shape index (κ3) is 2.40. The van der Waals surface area contributed by atoms with E-state index in [1.165, 1.54) is 10.6 Å². The number of H-pyrrole nitrogens is 1. The SMILES string of the molecule is Cn1c(Sc2ccc(CN)cc2F)n[nH]c1=O. The van der Waals surface area contributed by atoms with Crippen LogP contribution in [-0.2, 0) is 13.6 Å². The Hall–Kier alpha value is -1.60. The predicted molar refractivity (Wildman–Crippen MR) is 62.2 cm³/mol. The summed E-state index contributed by atoms with van der Waals surface area (Å²) in [5, 5.41) is 6.50. The summed E-state index contributed by atoms with van der Waals surface area (Å²) in [6, 6.07) is 4.75. The Morgan fingerprint density at radius 3 is 2.88 bits per heavy atom. The molecule has 0 spiro atoms. The Bertz CT molecular complexity index is 592. The Morgan fingerprint density at radius 1 is 1.59 bits per heavy atom. The Labute approximate surface area is 101 Å². The van der Waals surface area contributed by atoms with Crippen LogP contribution in [0.15, 0.2) is 33.0 Å². The molecule has 0 radical (unpaired) electrons. The molecule has 17 heavy (non-hydrogen) atoms. The maximum absolute atomic E-state index is 13.7. The van der Waals surface area contributed by atoms with Gasteiger partial charge in [-0.25, -0.2) is 14.3 Å². The highest BCUT2D eigenvalue weighted by Gasteiger charge is 2.10. The van der Waals surface area contributed by atoms with Crippen LogP contribution < -0.4 is 11.4 Å². The van der Waals surface area contributed by atoms with Gasteiger partial charge in [0.15, 0.2) is 5.16 Å². The van der Waals surface area contributed by atoms with Crippen molar-refractivity contribution in [2.45, 2.75) is 16.6 Å². The molecule has 0 aliphatic carbocycles. The third-order valence-electron chi connectivity index (χ3n) is 2.27. The average molecular weight is 254 g/mol. The van der Waals surface area contributed by atoms with Crippen molar-refractivity contribution in [1.29, 1.82) is 0 Å². The summed E-state index contributed by atoms with van der Waals surface area (Å²) in [7, 11) is 1.57. The van der Waals surface area contributed by atoms with Crippen LogP contribution in [0.25, 0.3) is 0 Å². The molecule has 0 bridgehead atoms. The van der Waals surface area contributed by atoms with Crippen molar-refractivity contribution in [2.24, 2.45) is 12.8 Å². The van der Waals surface area contributed by atoms with Gasteiger partial charge in [0.25, 0.3) is 0 Å². The van der Waals surface area contributed by atoms with Gasteiger partial charge in [0.1, 0.15) is 5.82 Å². The smallest absolute Gasteiger partial charge is 0.326 e. The fraction of sp³-hybridized carbons (Fsp3) is 0.200. The summed E-state index contributed by atoms with van der Waals surface area (Å²) in [5.74, 6) is -0.367. The van der Waals surface area contributed by atoms with E-state index in [2.05, 4.69) is 10.2 Å². The molecule has 7 heteroatoms. The van der Waals surface area contributed by atoms with Crippen molar-refractivity contribution >= 4 is 11.8 Å². The molecule has 2 rings (SSSR count). The zero-order valence-electron chi connectivity index (χ0n) is 9.11. The standard InChI is InChI=1S/C10H11FN4OS/c1-15-9(16)13-14-10(15)17-8-3-2-6(5-12)4-7(8)11/h2-4H,5,12H2,1H3,(H,13,16). The topological polar surface area (TPSA) is 76.7 Å². The van der Waals surface area contributed by atoms with E-state index in [1.807, 2.05) is 0 Å². The van der Waals surface area contributed by atoms with Crippen LogP contribution in [0.4, 0.5) is 4.39 Å². The van der Waals surface area contributed by atoms with Gasteiger partial charge in [0.2, 0.25) is 0 Å². The lowest BCUT2D eigenvalue weighted by Gasteiger charge is -2.03. The highest BCUT2D eigenvalue weighted by molar-refractivity contribution is 7.99. The molecule has 90 valence electrons. The van der Waals surface area contributed by atoms with Gasteiger partial charge in [-0.1, -0.05) is 6.07 Å². The number of halogens is 1. The molecule has 2 aromatic rings. The lowest BCUT2D eigenvalue weighted by Crippen LogP contribution is -2.12. The van der Waals surface area contributed by atoms with Crippen LogP contribution in [0.3, 0.4) is 0 Å². The van der Waals surface area contributed by atoms with E-state index in [4.69, 9.17) is 5.73 Å². The number of hydrogen-bond acceptors (Lipinski definition) is 4. The molecule has 0 atom stereocenters. The van der Waals surface area contributed by atoms with Crippen LogP contribution in [0.5, 0.6) is 0 Å². The van der Waals surface area contributed by atoms with E-state index >= 15 is 0 Å². The fourth-order valence-electron chi connectivity index (χ4n) is 1.28. The largest absolute Gasteiger partial charge is 0.343 e. The molecule has 3 N–H and O–H groups in total. The summed E-state index contributed by atoms with van der Waals surface area (Å²) in [6.07, 6.45) is 0. The van der Waals surface area contributed by atoms with E-state index in [-0.39, 0.29) is 11.5 Å². The molecular formula is C10H11FN4OS. The molecule has 0 saturated carbocycles. The number of nitrogens with one attached hydrogen (secondary N) is 1. The van der Waals surface area contributed by atoms with Crippen LogP contribution in [0, 0.1) is 5.82 Å². The van der Waals surface area contributed by atoms with Crippen LogP contribution in [-0.4, -0.2) is 14.8 Å². The highest BCUT2D eigenvalue weighted by atomic mass is 32.2. The van der Waals surface area contributed by atoms with Gasteiger partial charge < -0.3 is 5.73 Å². The summed E-state index contributed by atoms with van der Waals surface area (Å²) in [4.78, 5) is 11.5. The van der Waals surface area contributed by atoms with Crippen LogP contribution in [0.1, 0.15) is 5.56 Å². The number of nitrogens with zero attached hydrogens (tertiary/aromatic N) is 2. The van der Waals surface area contributed by atoms with Gasteiger partial charge in [-0.15, -0.1) is 5.10 Å². The number of nitrogens with two attached hydrogens (primary N) is 1. The molecule has 5 nitrogen and oxygen atoms in total. The second kappa shape index (κ2) is 4.72. The van der Waals surface area contributed by atoms with Crippen molar-refractivity contribution in [3.63, 3.8) is 0 Å². The predicted octanol–water partition coefficient (Wildman–Crippen LogP) is 0.857. The van der Waals surface area contributed by atoms with Crippen LogP contribution >= 0.6 is 11.8 Å². The molecular weight excluding hydrogens is 243 g/mol. The van der Waals surface area contributed by atoms with Gasteiger partial charge in [0.05, 0.1) is 4.90 Å². The molecule has 0 unspecified atom stereocenters. The summed E-state index contributed by atoms with van der Waals surface area (Å²) in [6.45, 7) is 0.294. The molecule has 1 heterocycles. The molecule has 1 aromatic heterocycles. The van der Waals surface area contributed by atoms with E-state index in [9.17, 15) is 9.18 Å². The second-order valence-electron chi connectivity index (χ2n) is 3.44. The van der Waals surface area contributed by atoms with Crippen molar-refractivity contribution in [3.8, 4) is 0 Å². The van der Waals surface area contributed by atoms with Gasteiger partial charge >= 0.3 is 5.69 Å². The molecule has 1 aromatic carbocycles. The highest BCUT2D eigenvalue weighted by Crippen LogP contribution is 2.27. The van der Waals surface area contributed by atoms with Gasteiger partial charge in [-0.3, -0.25) is 4.57 Å². The molecule has 0 saturated heterocycles. The third-order valence-corrected chi connectivity index (χ3v) is 3.37. The monoisotopic (exact) mass is 254 g/mol. The maximum atomic E-state index is 13.7. The molecule has 0 aliphatic heterocycles. The number of aromatic nitrogens is 3. The first-order chi connectivity index (χ1) is 8.11. The summed E-state index contributed by atoms with van der Waals surface area (Å²) in [5.41, 5.74) is 5.81. The minimum Gasteiger partial charge on any atom is -0.326 e. The Kier molecular flexibility index (Phi) is 3.30. The molecule has 0 aliphatic rings.